The molecule has 0 unspecified atom stereocenters. The van der Waals surface area contributed by atoms with Gasteiger partial charge in [0.2, 0.25) is 0 Å². The third-order valence-electron chi connectivity index (χ3n) is 4.46. The maximum absolute atomic E-state index is 13.5. The van der Waals surface area contributed by atoms with Gasteiger partial charge in [-0.3, -0.25) is 4.98 Å². The summed E-state index contributed by atoms with van der Waals surface area (Å²) in [5.41, 5.74) is 1.19. The second-order valence-electron chi connectivity index (χ2n) is 6.15. The van der Waals surface area contributed by atoms with Gasteiger partial charge >= 0.3 is 0 Å². The summed E-state index contributed by atoms with van der Waals surface area (Å²) in [7, 11) is 0. The van der Waals surface area contributed by atoms with Gasteiger partial charge < -0.3 is 9.64 Å². The fourth-order valence-corrected chi connectivity index (χ4v) is 3.13. The molecule has 1 saturated heterocycles. The van der Waals surface area contributed by atoms with E-state index in [0.717, 1.165) is 45.0 Å². The average Bonchev–Trinajstić information content (AvgIpc) is 2.61. The first-order chi connectivity index (χ1) is 11.7. The van der Waals surface area contributed by atoms with Crippen molar-refractivity contribution in [1.82, 2.24) is 9.88 Å². The fraction of sp³-hybridized carbons (Fsp3) is 0.421. The molecule has 1 aliphatic rings. The summed E-state index contributed by atoms with van der Waals surface area (Å²) in [4.78, 5) is 6.86. The Balaban J connectivity index is 1.36. The van der Waals surface area contributed by atoms with Gasteiger partial charge in [0.1, 0.15) is 5.82 Å². The van der Waals surface area contributed by atoms with Crippen LogP contribution in [0.15, 0.2) is 42.6 Å². The monoisotopic (exact) mass is 332 g/mol. The molecule has 0 amide bonds. The van der Waals surface area contributed by atoms with Crippen molar-refractivity contribution in [2.24, 2.45) is 0 Å². The highest BCUT2D eigenvalue weighted by atomic mass is 19.1. The maximum atomic E-state index is 13.5. The number of rotatable bonds is 6. The minimum absolute atomic E-state index is 0.116. The number of pyridine rings is 1. The van der Waals surface area contributed by atoms with Crippen LogP contribution in [0.3, 0.4) is 0 Å². The van der Waals surface area contributed by atoms with E-state index < -0.39 is 11.6 Å². The van der Waals surface area contributed by atoms with E-state index in [1.165, 1.54) is 17.8 Å². The van der Waals surface area contributed by atoms with Gasteiger partial charge in [-0.25, -0.2) is 8.78 Å². The minimum atomic E-state index is -0.647. The molecule has 5 heteroatoms. The zero-order chi connectivity index (χ0) is 16.8. The molecular weight excluding hydrogens is 310 g/mol. The molecule has 128 valence electrons. The smallest absolute Gasteiger partial charge is 0.167 e. The number of aromatic nitrogens is 1. The van der Waals surface area contributed by atoms with Crippen LogP contribution in [0, 0.1) is 11.6 Å². The van der Waals surface area contributed by atoms with Crippen molar-refractivity contribution in [3.05, 3.63) is 59.9 Å². The van der Waals surface area contributed by atoms with Crippen molar-refractivity contribution in [2.45, 2.75) is 25.2 Å². The van der Waals surface area contributed by atoms with E-state index in [2.05, 4.69) is 16.0 Å². The lowest BCUT2D eigenvalue weighted by molar-refractivity contribution is 0.190. The molecule has 3 nitrogen and oxygen atoms in total. The number of hydrogen-bond acceptors (Lipinski definition) is 3. The van der Waals surface area contributed by atoms with Crippen molar-refractivity contribution < 1.29 is 13.5 Å². The van der Waals surface area contributed by atoms with Gasteiger partial charge in [0.05, 0.1) is 6.61 Å². The summed E-state index contributed by atoms with van der Waals surface area (Å²) in [5.74, 6) is -0.570. The molecule has 1 fully saturated rings. The van der Waals surface area contributed by atoms with Gasteiger partial charge in [-0.2, -0.15) is 0 Å². The summed E-state index contributed by atoms with van der Waals surface area (Å²) < 4.78 is 31.7. The maximum Gasteiger partial charge on any atom is 0.167 e. The topological polar surface area (TPSA) is 25.4 Å². The Morgan fingerprint density at radius 3 is 2.67 bits per heavy atom. The SMILES string of the molecule is Fc1ccc(OCCCN2CCC(c3ccccn3)CC2)c(F)c1. The lowest BCUT2D eigenvalue weighted by Crippen LogP contribution is -2.34. The summed E-state index contributed by atoms with van der Waals surface area (Å²) in [5, 5.41) is 0. The van der Waals surface area contributed by atoms with E-state index in [9.17, 15) is 8.78 Å². The Labute approximate surface area is 141 Å². The number of ether oxygens (including phenoxy) is 1. The van der Waals surface area contributed by atoms with Gasteiger partial charge in [0.25, 0.3) is 0 Å². The molecule has 3 rings (SSSR count). The third-order valence-corrected chi connectivity index (χ3v) is 4.46. The zero-order valence-corrected chi connectivity index (χ0v) is 13.6. The molecule has 2 aromatic rings. The molecule has 1 aliphatic heterocycles. The van der Waals surface area contributed by atoms with Crippen LogP contribution in [-0.2, 0) is 0 Å². The summed E-state index contributed by atoms with van der Waals surface area (Å²) >= 11 is 0. The molecular formula is C19H22F2N2O. The van der Waals surface area contributed by atoms with Gasteiger partial charge in [0.15, 0.2) is 11.6 Å². The highest BCUT2D eigenvalue weighted by Crippen LogP contribution is 2.26. The van der Waals surface area contributed by atoms with Crippen LogP contribution in [0.1, 0.15) is 30.9 Å². The molecule has 0 aliphatic carbocycles. The highest BCUT2D eigenvalue weighted by molar-refractivity contribution is 5.24. The van der Waals surface area contributed by atoms with Crippen LogP contribution in [0.2, 0.25) is 0 Å². The van der Waals surface area contributed by atoms with Crippen LogP contribution in [0.5, 0.6) is 5.75 Å². The quantitative estimate of drug-likeness (QED) is 0.748. The number of hydrogen-bond donors (Lipinski definition) is 0. The van der Waals surface area contributed by atoms with Crippen LogP contribution < -0.4 is 4.74 Å². The Bertz CT molecular complexity index is 643. The van der Waals surface area contributed by atoms with E-state index in [4.69, 9.17) is 4.74 Å². The Morgan fingerprint density at radius 2 is 1.96 bits per heavy atom. The van der Waals surface area contributed by atoms with Crippen LogP contribution in [0.25, 0.3) is 0 Å². The first-order valence-corrected chi connectivity index (χ1v) is 8.43. The Morgan fingerprint density at radius 1 is 1.12 bits per heavy atom. The lowest BCUT2D eigenvalue weighted by Gasteiger charge is -2.31. The van der Waals surface area contributed by atoms with Gasteiger partial charge in [-0.15, -0.1) is 0 Å². The third kappa shape index (κ3) is 4.51. The number of piperidine rings is 1. The van der Waals surface area contributed by atoms with Crippen LogP contribution in [0.4, 0.5) is 8.78 Å². The average molecular weight is 332 g/mol. The Kier molecular flexibility index (Phi) is 5.75. The Hall–Kier alpha value is -2.01. The van der Waals surface area contributed by atoms with Gasteiger partial charge in [-0.05, 0) is 56.6 Å². The summed E-state index contributed by atoms with van der Waals surface area (Å²) in [6, 6.07) is 9.48. The van der Waals surface area contributed by atoms with E-state index in [1.807, 2.05) is 18.3 Å². The first-order valence-electron chi connectivity index (χ1n) is 8.43. The number of likely N-dealkylation sites (tertiary alicyclic amines) is 1. The van der Waals surface area contributed by atoms with Crippen LogP contribution >= 0.6 is 0 Å². The van der Waals surface area contributed by atoms with E-state index in [0.29, 0.717) is 12.5 Å². The molecule has 0 radical (unpaired) electrons. The molecule has 24 heavy (non-hydrogen) atoms. The van der Waals surface area contributed by atoms with Crippen molar-refractivity contribution >= 4 is 0 Å². The second kappa shape index (κ2) is 8.20. The normalized spacial score (nSPS) is 16.2. The number of nitrogens with zero attached hydrogens (tertiary/aromatic N) is 2. The fourth-order valence-electron chi connectivity index (χ4n) is 3.13. The molecule has 0 bridgehead atoms. The van der Waals surface area contributed by atoms with Crippen molar-refractivity contribution in [3.63, 3.8) is 0 Å². The first kappa shape index (κ1) is 16.8. The molecule has 0 spiro atoms. The number of halogens is 2. The molecule has 1 aromatic heterocycles. The number of benzene rings is 1. The largest absolute Gasteiger partial charge is 0.490 e. The van der Waals surface area contributed by atoms with Gasteiger partial charge in [-0.1, -0.05) is 6.07 Å². The molecule has 1 aromatic carbocycles. The predicted molar refractivity (Wildman–Crippen MR) is 89.1 cm³/mol. The zero-order valence-electron chi connectivity index (χ0n) is 13.6. The second-order valence-corrected chi connectivity index (χ2v) is 6.15. The van der Waals surface area contributed by atoms with E-state index >= 15 is 0 Å². The van der Waals surface area contributed by atoms with E-state index in [-0.39, 0.29) is 5.75 Å². The molecule has 0 saturated carbocycles. The highest BCUT2D eigenvalue weighted by Gasteiger charge is 2.20. The molecule has 2 heterocycles. The summed E-state index contributed by atoms with van der Waals surface area (Å²) in [6.07, 6.45) is 4.91. The van der Waals surface area contributed by atoms with Gasteiger partial charge in [0, 0.05) is 30.4 Å². The van der Waals surface area contributed by atoms with E-state index in [1.54, 1.807) is 0 Å². The lowest BCUT2D eigenvalue weighted by atomic mass is 9.93. The van der Waals surface area contributed by atoms with Crippen molar-refractivity contribution in [2.75, 3.05) is 26.2 Å². The van der Waals surface area contributed by atoms with Crippen molar-refractivity contribution in [1.29, 1.82) is 0 Å². The minimum Gasteiger partial charge on any atom is -0.490 e. The van der Waals surface area contributed by atoms with Crippen LogP contribution in [-0.4, -0.2) is 36.1 Å². The molecule has 0 N–H and O–H groups in total. The standard InChI is InChI=1S/C19H22F2N2O/c20-16-5-6-19(17(21)14-16)24-13-3-10-23-11-7-15(8-12-23)18-4-1-2-9-22-18/h1-2,4-6,9,14-15H,3,7-8,10-13H2. The molecule has 0 atom stereocenters. The van der Waals surface area contributed by atoms with Crippen molar-refractivity contribution in [3.8, 4) is 5.75 Å². The predicted octanol–water partition coefficient (Wildman–Crippen LogP) is 4.01. The summed E-state index contributed by atoms with van der Waals surface area (Å²) in [6.45, 7) is 3.46.